The van der Waals surface area contributed by atoms with E-state index >= 15 is 0 Å². The van der Waals surface area contributed by atoms with Crippen LogP contribution in [0.15, 0.2) is 54.6 Å². The molecule has 4 aromatic rings. The highest BCUT2D eigenvalue weighted by Gasteiger charge is 2.30. The number of para-hydroxylation sites is 2. The Bertz CT molecular complexity index is 1420. The van der Waals surface area contributed by atoms with E-state index in [2.05, 4.69) is 44.2 Å². The zero-order valence-corrected chi connectivity index (χ0v) is 20.2. The van der Waals surface area contributed by atoms with Gasteiger partial charge in [0, 0.05) is 38.2 Å². The first-order valence-electron chi connectivity index (χ1n) is 12.2. The van der Waals surface area contributed by atoms with Crippen LogP contribution in [0.2, 0.25) is 0 Å². The standard InChI is InChI=1S/C28H30N6O/c1-19-23(17-29)27-32-24-11-6-7-12-25(24)34(27)28(26(19)21-9-4-3-5-10-21)33-16-13-22(18-33)31-15-8-14-30-20(2)35/h3-7,9-12,22,31H,8,13-16,18H2,1-2H3,(H,30,35)/t22-/m0/s1. The van der Waals surface area contributed by atoms with Crippen molar-refractivity contribution in [3.8, 4) is 17.2 Å². The molecule has 7 nitrogen and oxygen atoms in total. The van der Waals surface area contributed by atoms with Crippen LogP contribution < -0.4 is 15.5 Å². The predicted molar refractivity (Wildman–Crippen MR) is 140 cm³/mol. The molecule has 3 heterocycles. The second-order valence-electron chi connectivity index (χ2n) is 9.16. The fourth-order valence-corrected chi connectivity index (χ4v) is 5.14. The lowest BCUT2D eigenvalue weighted by Crippen LogP contribution is -2.35. The summed E-state index contributed by atoms with van der Waals surface area (Å²) in [6, 6.07) is 21.2. The van der Waals surface area contributed by atoms with Gasteiger partial charge in [-0.3, -0.25) is 9.20 Å². The van der Waals surface area contributed by atoms with Gasteiger partial charge < -0.3 is 15.5 Å². The molecule has 2 N–H and O–H groups in total. The summed E-state index contributed by atoms with van der Waals surface area (Å²) in [7, 11) is 0. The molecule has 0 aliphatic carbocycles. The van der Waals surface area contributed by atoms with Crippen molar-refractivity contribution in [2.75, 3.05) is 31.1 Å². The number of hydrogen-bond donors (Lipinski definition) is 2. The summed E-state index contributed by atoms with van der Waals surface area (Å²) in [5, 5.41) is 16.6. The van der Waals surface area contributed by atoms with E-state index < -0.39 is 0 Å². The van der Waals surface area contributed by atoms with Gasteiger partial charge in [0.1, 0.15) is 11.9 Å². The second kappa shape index (κ2) is 9.77. The lowest BCUT2D eigenvalue weighted by molar-refractivity contribution is -0.118. The van der Waals surface area contributed by atoms with Crippen LogP contribution in [0.3, 0.4) is 0 Å². The van der Waals surface area contributed by atoms with Crippen molar-refractivity contribution in [1.29, 1.82) is 5.26 Å². The number of nitrogens with one attached hydrogen (secondary N) is 2. The van der Waals surface area contributed by atoms with Crippen LogP contribution in [0, 0.1) is 18.3 Å². The van der Waals surface area contributed by atoms with E-state index in [0.717, 1.165) is 66.0 Å². The van der Waals surface area contributed by atoms with Crippen molar-refractivity contribution >= 4 is 28.4 Å². The number of anilines is 1. The Hall–Kier alpha value is -3.89. The minimum absolute atomic E-state index is 0.0123. The van der Waals surface area contributed by atoms with E-state index in [0.29, 0.717) is 23.8 Å². The zero-order chi connectivity index (χ0) is 24.4. The van der Waals surface area contributed by atoms with Crippen LogP contribution in [0.5, 0.6) is 0 Å². The maximum Gasteiger partial charge on any atom is 0.216 e. The molecular weight excluding hydrogens is 436 g/mol. The second-order valence-corrected chi connectivity index (χ2v) is 9.16. The van der Waals surface area contributed by atoms with Gasteiger partial charge in [-0.1, -0.05) is 42.5 Å². The fraction of sp³-hybridized carbons (Fsp3) is 0.321. The number of imidazole rings is 1. The number of nitriles is 1. The third-order valence-electron chi connectivity index (χ3n) is 6.79. The van der Waals surface area contributed by atoms with Gasteiger partial charge >= 0.3 is 0 Å². The van der Waals surface area contributed by atoms with Gasteiger partial charge in [-0.05, 0) is 49.6 Å². The van der Waals surface area contributed by atoms with Crippen LogP contribution in [0.4, 0.5) is 5.82 Å². The lowest BCUT2D eigenvalue weighted by Gasteiger charge is -2.26. The van der Waals surface area contributed by atoms with Gasteiger partial charge in [-0.15, -0.1) is 0 Å². The van der Waals surface area contributed by atoms with E-state index in [1.807, 2.05) is 43.3 Å². The van der Waals surface area contributed by atoms with Gasteiger partial charge in [0.25, 0.3) is 0 Å². The minimum Gasteiger partial charge on any atom is -0.356 e. The van der Waals surface area contributed by atoms with Crippen molar-refractivity contribution in [1.82, 2.24) is 20.0 Å². The average Bonchev–Trinajstić information content (AvgIpc) is 3.48. The number of aromatic nitrogens is 2. The zero-order valence-electron chi connectivity index (χ0n) is 20.2. The summed E-state index contributed by atoms with van der Waals surface area (Å²) >= 11 is 0. The molecule has 1 saturated heterocycles. The van der Waals surface area contributed by atoms with Crippen LogP contribution in [-0.2, 0) is 4.79 Å². The molecule has 5 rings (SSSR count). The van der Waals surface area contributed by atoms with E-state index in [4.69, 9.17) is 4.98 Å². The lowest BCUT2D eigenvalue weighted by atomic mass is 9.97. The molecule has 0 spiro atoms. The van der Waals surface area contributed by atoms with Crippen molar-refractivity contribution in [3.63, 3.8) is 0 Å². The Balaban J connectivity index is 1.58. The third kappa shape index (κ3) is 4.33. The molecule has 1 aliphatic rings. The molecule has 0 bridgehead atoms. The molecule has 2 aromatic heterocycles. The highest BCUT2D eigenvalue weighted by Crippen LogP contribution is 2.40. The van der Waals surface area contributed by atoms with E-state index in [1.54, 1.807) is 6.92 Å². The van der Waals surface area contributed by atoms with Crippen molar-refractivity contribution in [3.05, 3.63) is 65.7 Å². The molecular formula is C28H30N6O. The molecule has 2 aromatic carbocycles. The largest absolute Gasteiger partial charge is 0.356 e. The number of pyridine rings is 1. The van der Waals surface area contributed by atoms with Crippen molar-refractivity contribution < 1.29 is 4.79 Å². The minimum atomic E-state index is 0.0123. The molecule has 0 radical (unpaired) electrons. The Morgan fingerprint density at radius 2 is 1.91 bits per heavy atom. The fourth-order valence-electron chi connectivity index (χ4n) is 5.14. The molecule has 1 fully saturated rings. The number of hydrogen-bond acceptors (Lipinski definition) is 5. The molecule has 178 valence electrons. The van der Waals surface area contributed by atoms with Gasteiger partial charge in [0.2, 0.25) is 5.91 Å². The Morgan fingerprint density at radius 1 is 1.14 bits per heavy atom. The van der Waals surface area contributed by atoms with Crippen LogP contribution in [-0.4, -0.2) is 47.5 Å². The van der Waals surface area contributed by atoms with Gasteiger partial charge in [0.05, 0.1) is 16.6 Å². The monoisotopic (exact) mass is 466 g/mol. The van der Waals surface area contributed by atoms with Gasteiger partial charge in [-0.2, -0.15) is 5.26 Å². The summed E-state index contributed by atoms with van der Waals surface area (Å²) in [6.45, 7) is 6.92. The topological polar surface area (TPSA) is 85.5 Å². The molecule has 1 amide bonds. The number of amides is 1. The summed E-state index contributed by atoms with van der Waals surface area (Å²) in [4.78, 5) is 18.4. The van der Waals surface area contributed by atoms with Crippen LogP contribution in [0.1, 0.15) is 30.9 Å². The maximum atomic E-state index is 11.1. The number of carbonyl (C=O) groups is 1. The number of benzene rings is 2. The first-order valence-corrected chi connectivity index (χ1v) is 12.2. The van der Waals surface area contributed by atoms with Crippen molar-refractivity contribution in [2.24, 2.45) is 0 Å². The highest BCUT2D eigenvalue weighted by atomic mass is 16.1. The number of fused-ring (bicyclic) bond motifs is 3. The van der Waals surface area contributed by atoms with Crippen LogP contribution >= 0.6 is 0 Å². The van der Waals surface area contributed by atoms with E-state index in [-0.39, 0.29) is 5.91 Å². The number of carbonyl (C=O) groups excluding carboxylic acids is 1. The Kier molecular flexibility index (Phi) is 6.39. The molecule has 1 atom stereocenters. The third-order valence-corrected chi connectivity index (χ3v) is 6.79. The summed E-state index contributed by atoms with van der Waals surface area (Å²) < 4.78 is 2.18. The normalized spacial score (nSPS) is 15.6. The SMILES string of the molecule is CC(=O)NCCCN[C@H]1CCN(c2c(-c3ccccc3)c(C)c(C#N)c3nc4ccccc4n23)C1. The Labute approximate surface area is 205 Å². The molecule has 0 unspecified atom stereocenters. The summed E-state index contributed by atoms with van der Waals surface area (Å²) in [6.07, 6.45) is 1.93. The Morgan fingerprint density at radius 3 is 2.69 bits per heavy atom. The maximum absolute atomic E-state index is 11.1. The summed E-state index contributed by atoms with van der Waals surface area (Å²) in [5.74, 6) is 1.11. The highest BCUT2D eigenvalue weighted by molar-refractivity contribution is 5.92. The number of rotatable bonds is 7. The predicted octanol–water partition coefficient (Wildman–Crippen LogP) is 4.03. The molecule has 7 heteroatoms. The average molecular weight is 467 g/mol. The quantitative estimate of drug-likeness (QED) is 0.402. The van der Waals surface area contributed by atoms with Gasteiger partial charge in [0.15, 0.2) is 5.65 Å². The smallest absolute Gasteiger partial charge is 0.216 e. The first kappa shape index (κ1) is 22.9. The van der Waals surface area contributed by atoms with Crippen molar-refractivity contribution in [2.45, 2.75) is 32.7 Å². The van der Waals surface area contributed by atoms with E-state index in [1.165, 1.54) is 0 Å². The van der Waals surface area contributed by atoms with Crippen LogP contribution in [0.25, 0.3) is 27.8 Å². The summed E-state index contributed by atoms with van der Waals surface area (Å²) in [5.41, 5.74) is 6.39. The number of nitrogens with zero attached hydrogens (tertiary/aromatic N) is 4. The first-order chi connectivity index (χ1) is 17.1. The molecule has 35 heavy (non-hydrogen) atoms. The van der Waals surface area contributed by atoms with Gasteiger partial charge in [-0.25, -0.2) is 4.98 Å². The molecule has 0 saturated carbocycles. The molecule has 1 aliphatic heterocycles. The van der Waals surface area contributed by atoms with E-state index in [9.17, 15) is 10.1 Å².